The second-order valence-corrected chi connectivity index (χ2v) is 5.98. The van der Waals surface area contributed by atoms with E-state index >= 15 is 0 Å². The third kappa shape index (κ3) is 2.57. The van der Waals surface area contributed by atoms with Crippen LogP contribution in [-0.4, -0.2) is 28.7 Å². The Balaban J connectivity index is 1.68. The Labute approximate surface area is 147 Å². The molecule has 3 aromatic rings. The summed E-state index contributed by atoms with van der Waals surface area (Å²) in [5.41, 5.74) is 7.35. The molecule has 4 rings (SSSR count). The number of anilines is 2. The van der Waals surface area contributed by atoms with Crippen LogP contribution in [0, 0.1) is 0 Å². The van der Waals surface area contributed by atoms with Crippen LogP contribution in [0.1, 0.15) is 16.1 Å². The van der Waals surface area contributed by atoms with Crippen LogP contribution < -0.4 is 21.5 Å². The maximum Gasteiger partial charge on any atom is 0.319 e. The van der Waals surface area contributed by atoms with Crippen LogP contribution in [0.15, 0.2) is 47.3 Å². The van der Waals surface area contributed by atoms with E-state index in [0.717, 1.165) is 12.0 Å². The highest BCUT2D eigenvalue weighted by Gasteiger charge is 2.23. The molecule has 0 saturated heterocycles. The van der Waals surface area contributed by atoms with Gasteiger partial charge in [0.25, 0.3) is 11.5 Å². The van der Waals surface area contributed by atoms with E-state index in [9.17, 15) is 14.4 Å². The Morgan fingerprint density at radius 3 is 2.69 bits per heavy atom. The first-order chi connectivity index (χ1) is 12.5. The van der Waals surface area contributed by atoms with Gasteiger partial charge in [0.05, 0.1) is 11.1 Å². The molecular formula is C18H15N5O3. The first-order valence-corrected chi connectivity index (χ1v) is 8.03. The molecule has 8 nitrogen and oxygen atoms in total. The Bertz CT molecular complexity index is 1110. The SMILES string of the molecule is NC(=O)N1CCc2ccc(NC(=O)c3n[nH]c(=O)c4ccccc34)cc21. The number of amides is 3. The van der Waals surface area contributed by atoms with E-state index in [1.165, 1.54) is 4.90 Å². The number of hydrogen-bond donors (Lipinski definition) is 3. The van der Waals surface area contributed by atoms with Gasteiger partial charge in [-0.1, -0.05) is 24.3 Å². The summed E-state index contributed by atoms with van der Waals surface area (Å²) in [6.45, 7) is 0.522. The van der Waals surface area contributed by atoms with Crippen molar-refractivity contribution in [1.82, 2.24) is 10.2 Å². The zero-order chi connectivity index (χ0) is 18.3. The number of fused-ring (bicyclic) bond motifs is 2. The van der Waals surface area contributed by atoms with Crippen LogP contribution >= 0.6 is 0 Å². The molecule has 3 amide bonds. The van der Waals surface area contributed by atoms with Gasteiger partial charge < -0.3 is 11.1 Å². The van der Waals surface area contributed by atoms with Crippen LogP contribution in [0.5, 0.6) is 0 Å². The highest BCUT2D eigenvalue weighted by molar-refractivity contribution is 6.11. The molecule has 1 aromatic heterocycles. The van der Waals surface area contributed by atoms with Crippen molar-refractivity contribution in [1.29, 1.82) is 0 Å². The number of nitrogens with zero attached hydrogens (tertiary/aromatic N) is 2. The minimum absolute atomic E-state index is 0.118. The molecule has 0 saturated carbocycles. The van der Waals surface area contributed by atoms with Crippen LogP contribution in [0.3, 0.4) is 0 Å². The van der Waals surface area contributed by atoms with E-state index in [4.69, 9.17) is 5.73 Å². The molecule has 0 atom stereocenters. The fourth-order valence-electron chi connectivity index (χ4n) is 3.16. The van der Waals surface area contributed by atoms with Crippen molar-refractivity contribution < 1.29 is 9.59 Å². The standard InChI is InChI=1S/C18H15N5O3/c19-18(26)23-8-7-10-5-6-11(9-14(10)23)20-17(25)15-12-3-1-2-4-13(12)16(24)22-21-15/h1-6,9H,7-8H2,(H2,19,26)(H,20,25)(H,22,24). The smallest absolute Gasteiger partial charge is 0.319 e. The van der Waals surface area contributed by atoms with Crippen molar-refractivity contribution in [2.75, 3.05) is 16.8 Å². The summed E-state index contributed by atoms with van der Waals surface area (Å²) in [6.07, 6.45) is 0.721. The highest BCUT2D eigenvalue weighted by atomic mass is 16.2. The van der Waals surface area contributed by atoms with Crippen molar-refractivity contribution in [2.24, 2.45) is 5.73 Å². The van der Waals surface area contributed by atoms with Gasteiger partial charge in [-0.15, -0.1) is 0 Å². The molecular weight excluding hydrogens is 334 g/mol. The molecule has 26 heavy (non-hydrogen) atoms. The average Bonchev–Trinajstić information content (AvgIpc) is 3.05. The molecule has 8 heteroatoms. The van der Waals surface area contributed by atoms with Crippen molar-refractivity contribution in [2.45, 2.75) is 6.42 Å². The lowest BCUT2D eigenvalue weighted by molar-refractivity contribution is 0.102. The van der Waals surface area contributed by atoms with Crippen LogP contribution in [0.2, 0.25) is 0 Å². The van der Waals surface area contributed by atoms with E-state index in [2.05, 4.69) is 15.5 Å². The third-order valence-electron chi connectivity index (χ3n) is 4.42. The molecule has 130 valence electrons. The van der Waals surface area contributed by atoms with E-state index in [-0.39, 0.29) is 11.3 Å². The molecule has 1 aliphatic heterocycles. The number of nitrogens with one attached hydrogen (secondary N) is 2. The molecule has 2 aromatic carbocycles. The second kappa shape index (κ2) is 5.99. The number of carbonyl (C=O) groups excluding carboxylic acids is 2. The van der Waals surface area contributed by atoms with Crippen molar-refractivity contribution in [3.63, 3.8) is 0 Å². The largest absolute Gasteiger partial charge is 0.351 e. The third-order valence-corrected chi connectivity index (χ3v) is 4.42. The zero-order valence-electron chi connectivity index (χ0n) is 13.7. The molecule has 0 radical (unpaired) electrons. The van der Waals surface area contributed by atoms with Gasteiger partial charge in [-0.05, 0) is 30.2 Å². The van der Waals surface area contributed by atoms with Crippen molar-refractivity contribution in [3.05, 3.63) is 64.1 Å². The number of rotatable bonds is 2. The Hall–Kier alpha value is -3.68. The average molecular weight is 349 g/mol. The molecule has 1 aliphatic rings. The molecule has 0 spiro atoms. The molecule has 2 heterocycles. The summed E-state index contributed by atoms with van der Waals surface area (Å²) < 4.78 is 0. The van der Waals surface area contributed by atoms with Crippen LogP contribution in [-0.2, 0) is 6.42 Å². The second-order valence-electron chi connectivity index (χ2n) is 5.98. The number of nitrogens with two attached hydrogens (primary N) is 1. The zero-order valence-corrected chi connectivity index (χ0v) is 13.7. The maximum atomic E-state index is 12.7. The minimum Gasteiger partial charge on any atom is -0.351 e. The number of hydrogen-bond acceptors (Lipinski definition) is 4. The predicted octanol–water partition coefficient (Wildman–Crippen LogP) is 1.62. The number of primary amides is 1. The van der Waals surface area contributed by atoms with Crippen molar-refractivity contribution in [3.8, 4) is 0 Å². The van der Waals surface area contributed by atoms with Gasteiger partial charge in [0.1, 0.15) is 0 Å². The molecule has 0 aliphatic carbocycles. The van der Waals surface area contributed by atoms with E-state index in [0.29, 0.717) is 28.7 Å². The lowest BCUT2D eigenvalue weighted by Gasteiger charge is -2.15. The Morgan fingerprint density at radius 1 is 1.15 bits per heavy atom. The van der Waals surface area contributed by atoms with E-state index in [1.54, 1.807) is 36.4 Å². The number of carbonyl (C=O) groups is 2. The minimum atomic E-state index is -0.527. The molecule has 0 bridgehead atoms. The first-order valence-electron chi connectivity index (χ1n) is 8.03. The van der Waals surface area contributed by atoms with E-state index < -0.39 is 11.9 Å². The van der Waals surface area contributed by atoms with Crippen molar-refractivity contribution >= 4 is 34.1 Å². The highest BCUT2D eigenvalue weighted by Crippen LogP contribution is 2.30. The van der Waals surface area contributed by atoms with Gasteiger partial charge in [0.15, 0.2) is 5.69 Å². The Morgan fingerprint density at radius 2 is 1.92 bits per heavy atom. The lowest BCUT2D eigenvalue weighted by Crippen LogP contribution is -2.34. The topological polar surface area (TPSA) is 121 Å². The van der Waals surface area contributed by atoms with Crippen LogP contribution in [0.25, 0.3) is 10.8 Å². The quantitative estimate of drug-likeness (QED) is 0.651. The summed E-state index contributed by atoms with van der Waals surface area (Å²) in [6, 6.07) is 11.6. The normalized spacial score (nSPS) is 12.8. The summed E-state index contributed by atoms with van der Waals surface area (Å²) in [5, 5.41) is 9.83. The summed E-state index contributed by atoms with van der Waals surface area (Å²) in [4.78, 5) is 37.5. The number of aromatic amines is 1. The summed E-state index contributed by atoms with van der Waals surface area (Å²) >= 11 is 0. The van der Waals surface area contributed by atoms with Gasteiger partial charge in [-0.25, -0.2) is 9.89 Å². The fraction of sp³-hybridized carbons (Fsp3) is 0.111. The van der Waals surface area contributed by atoms with Gasteiger partial charge in [-0.3, -0.25) is 14.5 Å². The number of aromatic nitrogens is 2. The molecule has 4 N–H and O–H groups in total. The van der Waals surface area contributed by atoms with Gasteiger partial charge >= 0.3 is 6.03 Å². The number of urea groups is 1. The number of benzene rings is 2. The lowest BCUT2D eigenvalue weighted by atomic mass is 10.1. The molecule has 0 fully saturated rings. The maximum absolute atomic E-state index is 12.7. The fourth-order valence-corrected chi connectivity index (χ4v) is 3.16. The van der Waals surface area contributed by atoms with Gasteiger partial charge in [-0.2, -0.15) is 5.10 Å². The predicted molar refractivity (Wildman–Crippen MR) is 97.4 cm³/mol. The van der Waals surface area contributed by atoms with Gasteiger partial charge in [0, 0.05) is 17.6 Å². The first kappa shape index (κ1) is 15.8. The summed E-state index contributed by atoms with van der Waals surface area (Å²) in [7, 11) is 0. The molecule has 0 unspecified atom stereocenters. The van der Waals surface area contributed by atoms with E-state index in [1.807, 2.05) is 6.07 Å². The van der Waals surface area contributed by atoms with Crippen LogP contribution in [0.4, 0.5) is 16.2 Å². The van der Waals surface area contributed by atoms with Gasteiger partial charge in [0.2, 0.25) is 0 Å². The monoisotopic (exact) mass is 349 g/mol. The Kier molecular flexibility index (Phi) is 3.65. The summed E-state index contributed by atoms with van der Waals surface area (Å²) in [5.74, 6) is -0.457. The number of H-pyrrole nitrogens is 1.